The number of hydrogen-bond acceptors (Lipinski definition) is 4. The van der Waals surface area contributed by atoms with Crippen molar-refractivity contribution in [3.63, 3.8) is 0 Å². The third kappa shape index (κ3) is 7.29. The molecule has 0 aliphatic carbocycles. The molecule has 1 heterocycles. The minimum atomic E-state index is 0. The lowest BCUT2D eigenvalue weighted by Crippen LogP contribution is -2.36. The number of likely N-dealkylation sites (tertiary alicyclic amines) is 1. The van der Waals surface area contributed by atoms with Crippen LogP contribution < -0.4 is 20.1 Å². The van der Waals surface area contributed by atoms with Gasteiger partial charge in [0.1, 0.15) is 11.5 Å². The molecule has 7 nitrogen and oxygen atoms in total. The molecule has 8 heteroatoms. The maximum absolute atomic E-state index is 11.9. The van der Waals surface area contributed by atoms with E-state index in [2.05, 4.69) is 28.8 Å². The van der Waals surface area contributed by atoms with Crippen LogP contribution in [0.15, 0.2) is 47.5 Å². The standard InChI is InChI=1S/C24H32N4O3.HI/c1-4-25-24(27-16-20-10-11-21(30-2)14-22(20)31-3)26-15-18-7-5-8-19(13-18)17-28-12-6-9-23(28)29;/h5,7-8,10-11,13-14H,4,6,9,12,15-17H2,1-3H3,(H2,25,26,27);1H. The monoisotopic (exact) mass is 552 g/mol. The molecule has 1 aliphatic rings. The zero-order chi connectivity index (χ0) is 22.1. The van der Waals surface area contributed by atoms with E-state index in [-0.39, 0.29) is 29.9 Å². The van der Waals surface area contributed by atoms with Gasteiger partial charge >= 0.3 is 0 Å². The molecule has 1 fully saturated rings. The quantitative estimate of drug-likeness (QED) is 0.282. The summed E-state index contributed by atoms with van der Waals surface area (Å²) in [6, 6.07) is 14.1. The van der Waals surface area contributed by atoms with Gasteiger partial charge in [-0.05, 0) is 36.6 Å². The van der Waals surface area contributed by atoms with Crippen LogP contribution in [-0.4, -0.2) is 44.1 Å². The topological polar surface area (TPSA) is 75.2 Å². The molecular formula is C24H33IN4O3. The summed E-state index contributed by atoms with van der Waals surface area (Å²) in [4.78, 5) is 18.5. The summed E-state index contributed by atoms with van der Waals surface area (Å²) < 4.78 is 10.7. The number of aliphatic imine (C=N–C) groups is 1. The van der Waals surface area contributed by atoms with Crippen molar-refractivity contribution in [3.05, 3.63) is 59.2 Å². The van der Waals surface area contributed by atoms with Gasteiger partial charge in [-0.2, -0.15) is 0 Å². The second kappa shape index (κ2) is 13.1. The number of benzene rings is 2. The lowest BCUT2D eigenvalue weighted by atomic mass is 10.1. The van der Waals surface area contributed by atoms with Gasteiger partial charge < -0.3 is 25.0 Å². The molecule has 0 saturated carbocycles. The second-order valence-electron chi connectivity index (χ2n) is 7.47. The highest BCUT2D eigenvalue weighted by Crippen LogP contribution is 2.24. The molecule has 0 bridgehead atoms. The number of hydrogen-bond donors (Lipinski definition) is 2. The SMILES string of the molecule is CCNC(=NCc1cccc(CN2CCCC2=O)c1)NCc1ccc(OC)cc1OC.I. The molecule has 0 aromatic heterocycles. The average molecular weight is 552 g/mol. The van der Waals surface area contributed by atoms with E-state index in [1.807, 2.05) is 36.1 Å². The highest BCUT2D eigenvalue weighted by atomic mass is 127. The molecule has 1 aliphatic heterocycles. The Morgan fingerprint density at radius 3 is 2.59 bits per heavy atom. The lowest BCUT2D eigenvalue weighted by molar-refractivity contribution is -0.128. The summed E-state index contributed by atoms with van der Waals surface area (Å²) in [6.07, 6.45) is 1.63. The van der Waals surface area contributed by atoms with E-state index >= 15 is 0 Å². The fraction of sp³-hybridized carbons (Fsp3) is 0.417. The number of methoxy groups -OCH3 is 2. The molecule has 2 aromatic rings. The highest BCUT2D eigenvalue weighted by molar-refractivity contribution is 14.0. The van der Waals surface area contributed by atoms with E-state index < -0.39 is 0 Å². The van der Waals surface area contributed by atoms with Crippen molar-refractivity contribution in [2.24, 2.45) is 4.99 Å². The van der Waals surface area contributed by atoms with Gasteiger partial charge in [0, 0.05) is 44.2 Å². The first-order chi connectivity index (χ1) is 15.1. The van der Waals surface area contributed by atoms with Crippen LogP contribution in [0.3, 0.4) is 0 Å². The van der Waals surface area contributed by atoms with Gasteiger partial charge in [-0.3, -0.25) is 4.79 Å². The summed E-state index contributed by atoms with van der Waals surface area (Å²) in [7, 11) is 3.29. The first kappa shape index (κ1) is 25.8. The van der Waals surface area contributed by atoms with Gasteiger partial charge in [0.2, 0.25) is 5.91 Å². The van der Waals surface area contributed by atoms with Crippen molar-refractivity contribution in [2.45, 2.75) is 39.4 Å². The van der Waals surface area contributed by atoms with E-state index in [1.165, 1.54) is 0 Å². The van der Waals surface area contributed by atoms with Crippen molar-refractivity contribution in [2.75, 3.05) is 27.3 Å². The number of halogens is 1. The summed E-state index contributed by atoms with van der Waals surface area (Å²) in [5.41, 5.74) is 3.28. The molecule has 2 N–H and O–H groups in total. The molecule has 0 unspecified atom stereocenters. The van der Waals surface area contributed by atoms with Crippen molar-refractivity contribution < 1.29 is 14.3 Å². The number of nitrogens with one attached hydrogen (secondary N) is 2. The Hall–Kier alpha value is -2.49. The fourth-order valence-electron chi connectivity index (χ4n) is 3.61. The Morgan fingerprint density at radius 1 is 1.09 bits per heavy atom. The number of carbonyl (C=O) groups is 1. The van der Waals surface area contributed by atoms with Crippen LogP contribution in [-0.2, 0) is 24.4 Å². The van der Waals surface area contributed by atoms with Crippen molar-refractivity contribution in [1.82, 2.24) is 15.5 Å². The van der Waals surface area contributed by atoms with Crippen molar-refractivity contribution in [1.29, 1.82) is 0 Å². The second-order valence-corrected chi connectivity index (χ2v) is 7.47. The lowest BCUT2D eigenvalue weighted by Gasteiger charge is -2.16. The zero-order valence-corrected chi connectivity index (χ0v) is 21.3. The van der Waals surface area contributed by atoms with Gasteiger partial charge in [-0.25, -0.2) is 4.99 Å². The van der Waals surface area contributed by atoms with Crippen LogP contribution in [0.5, 0.6) is 11.5 Å². The number of rotatable bonds is 9. The zero-order valence-electron chi connectivity index (χ0n) is 19.0. The number of amides is 1. The first-order valence-corrected chi connectivity index (χ1v) is 10.7. The minimum Gasteiger partial charge on any atom is -0.497 e. The number of carbonyl (C=O) groups excluding carboxylic acids is 1. The van der Waals surface area contributed by atoms with E-state index in [1.54, 1.807) is 14.2 Å². The molecule has 32 heavy (non-hydrogen) atoms. The van der Waals surface area contributed by atoms with Crippen LogP contribution in [0, 0.1) is 0 Å². The highest BCUT2D eigenvalue weighted by Gasteiger charge is 2.19. The van der Waals surface area contributed by atoms with E-state index in [4.69, 9.17) is 14.5 Å². The smallest absolute Gasteiger partial charge is 0.222 e. The van der Waals surface area contributed by atoms with Crippen LogP contribution in [0.25, 0.3) is 0 Å². The maximum atomic E-state index is 11.9. The van der Waals surface area contributed by atoms with Gasteiger partial charge in [-0.15, -0.1) is 24.0 Å². The first-order valence-electron chi connectivity index (χ1n) is 10.7. The number of ether oxygens (including phenoxy) is 2. The Morgan fingerprint density at radius 2 is 1.91 bits per heavy atom. The predicted molar refractivity (Wildman–Crippen MR) is 138 cm³/mol. The minimum absolute atomic E-state index is 0. The summed E-state index contributed by atoms with van der Waals surface area (Å²) >= 11 is 0. The fourth-order valence-corrected chi connectivity index (χ4v) is 3.61. The molecule has 0 spiro atoms. The maximum Gasteiger partial charge on any atom is 0.222 e. The Balaban J connectivity index is 0.00000363. The van der Waals surface area contributed by atoms with Crippen LogP contribution in [0.1, 0.15) is 36.5 Å². The summed E-state index contributed by atoms with van der Waals surface area (Å²) in [6.45, 7) is 5.46. The molecule has 1 amide bonds. The molecule has 0 atom stereocenters. The number of guanidine groups is 1. The van der Waals surface area contributed by atoms with Crippen LogP contribution >= 0.6 is 24.0 Å². The molecular weight excluding hydrogens is 519 g/mol. The third-order valence-corrected chi connectivity index (χ3v) is 5.24. The molecule has 2 aromatic carbocycles. The predicted octanol–water partition coefficient (Wildman–Crippen LogP) is 3.70. The summed E-state index contributed by atoms with van der Waals surface area (Å²) in [5.74, 6) is 2.51. The molecule has 0 radical (unpaired) electrons. The van der Waals surface area contributed by atoms with Gasteiger partial charge in [-0.1, -0.05) is 24.3 Å². The summed E-state index contributed by atoms with van der Waals surface area (Å²) in [5, 5.41) is 6.65. The van der Waals surface area contributed by atoms with Gasteiger partial charge in [0.25, 0.3) is 0 Å². The Bertz CT molecular complexity index is 920. The molecule has 174 valence electrons. The Kier molecular flexibility index (Phi) is 10.6. The molecule has 1 saturated heterocycles. The van der Waals surface area contributed by atoms with Gasteiger partial charge in [0.15, 0.2) is 5.96 Å². The average Bonchev–Trinajstić information content (AvgIpc) is 3.20. The van der Waals surface area contributed by atoms with Gasteiger partial charge in [0.05, 0.1) is 20.8 Å². The van der Waals surface area contributed by atoms with Crippen molar-refractivity contribution in [3.8, 4) is 11.5 Å². The normalized spacial score (nSPS) is 13.5. The van der Waals surface area contributed by atoms with Crippen molar-refractivity contribution >= 4 is 35.8 Å². The Labute approximate surface area is 207 Å². The van der Waals surface area contributed by atoms with E-state index in [0.29, 0.717) is 26.1 Å². The third-order valence-electron chi connectivity index (χ3n) is 5.24. The van der Waals surface area contributed by atoms with E-state index in [0.717, 1.165) is 53.7 Å². The largest absolute Gasteiger partial charge is 0.497 e. The van der Waals surface area contributed by atoms with Crippen LogP contribution in [0.2, 0.25) is 0 Å². The van der Waals surface area contributed by atoms with E-state index in [9.17, 15) is 4.79 Å². The molecule has 3 rings (SSSR count). The van der Waals surface area contributed by atoms with Crippen LogP contribution in [0.4, 0.5) is 0 Å². The number of nitrogens with zero attached hydrogens (tertiary/aromatic N) is 2.